The fourth-order valence-corrected chi connectivity index (χ4v) is 0.362. The van der Waals surface area contributed by atoms with E-state index < -0.39 is 0 Å². The lowest BCUT2D eigenvalue weighted by Gasteiger charge is -1.84. The van der Waals surface area contributed by atoms with Crippen molar-refractivity contribution in [3.05, 3.63) is 0 Å². The maximum atomic E-state index is 8.20. The van der Waals surface area contributed by atoms with Gasteiger partial charge in [0.05, 0.1) is 0 Å². The molecule has 0 amide bonds. The zero-order valence-electron chi connectivity index (χ0n) is 4.28. The lowest BCUT2D eigenvalue weighted by molar-refractivity contribution is 0.719. The molecule has 36 valence electrons. The Morgan fingerprint density at radius 1 is 1.33 bits per heavy atom. The molecule has 0 saturated carbocycles. The van der Waals surface area contributed by atoms with Gasteiger partial charge in [0.1, 0.15) is 0 Å². The average Bonchev–Trinajstić information content (AvgIpc) is 1.61. The first kappa shape index (κ1) is 5.96. The minimum absolute atomic E-state index is 0.355. The van der Waals surface area contributed by atoms with Crippen LogP contribution in [-0.4, -0.2) is 6.54 Å². The van der Waals surface area contributed by atoms with E-state index in [0.29, 0.717) is 6.54 Å². The second-order valence-electron chi connectivity index (χ2n) is 1.43. The van der Waals surface area contributed by atoms with Gasteiger partial charge in [0.15, 0.2) is 0 Å². The van der Waals surface area contributed by atoms with Gasteiger partial charge >= 0.3 is 0 Å². The van der Waals surface area contributed by atoms with Crippen molar-refractivity contribution in [2.75, 3.05) is 6.54 Å². The molecule has 0 aromatic heterocycles. The summed E-state index contributed by atoms with van der Waals surface area (Å²) in [7, 11) is 0. The maximum Gasteiger partial charge on any atom is 0.0321 e. The van der Waals surface area contributed by atoms with Crippen LogP contribution < -0.4 is 5.73 Å². The van der Waals surface area contributed by atoms with Crippen molar-refractivity contribution in [2.45, 2.75) is 26.2 Å². The molecule has 0 heterocycles. The molecule has 0 saturated heterocycles. The molecule has 0 aliphatic carbocycles. The molecule has 0 atom stereocenters. The van der Waals surface area contributed by atoms with Crippen molar-refractivity contribution in [3.63, 3.8) is 0 Å². The van der Waals surface area contributed by atoms with Crippen molar-refractivity contribution in [2.24, 2.45) is 0 Å². The number of hydrogen-bond acceptors (Lipinski definition) is 0. The Hall–Kier alpha value is -0.0400. The van der Waals surface area contributed by atoms with E-state index >= 15 is 0 Å². The van der Waals surface area contributed by atoms with Crippen LogP contribution in [0.3, 0.4) is 0 Å². The SMILES string of the molecule is CCCCC[N]. The predicted octanol–water partition coefficient (Wildman–Crippen LogP) is 1.25. The lowest BCUT2D eigenvalue weighted by Crippen LogP contribution is -1.81. The molecule has 2 radical (unpaired) electrons. The van der Waals surface area contributed by atoms with Crippen molar-refractivity contribution >= 4 is 0 Å². The number of hydrogen-bond donors (Lipinski definition) is 0. The van der Waals surface area contributed by atoms with Gasteiger partial charge in [-0.05, 0) is 6.42 Å². The van der Waals surface area contributed by atoms with Crippen LogP contribution in [0.5, 0.6) is 0 Å². The van der Waals surface area contributed by atoms with E-state index in [1.807, 2.05) is 0 Å². The largest absolute Gasteiger partial charge is 0.145 e. The van der Waals surface area contributed by atoms with Crippen molar-refractivity contribution in [1.29, 1.82) is 0 Å². The van der Waals surface area contributed by atoms with Crippen LogP contribution in [0.4, 0.5) is 0 Å². The summed E-state index contributed by atoms with van der Waals surface area (Å²) in [6.07, 6.45) is 3.33. The first-order valence-electron chi connectivity index (χ1n) is 2.52. The van der Waals surface area contributed by atoms with Gasteiger partial charge in [-0.2, -0.15) is 0 Å². The Balaban J connectivity index is 2.34. The summed E-state index contributed by atoms with van der Waals surface area (Å²) in [6, 6.07) is 0. The van der Waals surface area contributed by atoms with E-state index in [4.69, 9.17) is 5.73 Å². The third-order valence-electron chi connectivity index (χ3n) is 0.762. The lowest BCUT2D eigenvalue weighted by atomic mass is 10.3. The van der Waals surface area contributed by atoms with Gasteiger partial charge in [-0.1, -0.05) is 19.8 Å². The van der Waals surface area contributed by atoms with Crippen LogP contribution in [-0.2, 0) is 0 Å². The fourth-order valence-electron chi connectivity index (χ4n) is 0.362. The summed E-state index contributed by atoms with van der Waals surface area (Å²) < 4.78 is 0. The monoisotopic (exact) mass is 85.1 g/mol. The van der Waals surface area contributed by atoms with Crippen molar-refractivity contribution in [3.8, 4) is 0 Å². The van der Waals surface area contributed by atoms with Crippen LogP contribution in [0, 0.1) is 0 Å². The molecule has 0 rings (SSSR count). The highest BCUT2D eigenvalue weighted by molar-refractivity contribution is 4.34. The maximum absolute atomic E-state index is 8.20. The molecule has 0 fully saturated rings. The highest BCUT2D eigenvalue weighted by atomic mass is 14.5. The summed E-state index contributed by atoms with van der Waals surface area (Å²) >= 11 is 0. The fraction of sp³-hybridized carbons (Fsp3) is 1.00. The van der Waals surface area contributed by atoms with E-state index in [0.717, 1.165) is 12.8 Å². The van der Waals surface area contributed by atoms with E-state index in [1.54, 1.807) is 0 Å². The normalized spacial score (nSPS) is 9.00. The van der Waals surface area contributed by atoms with Gasteiger partial charge < -0.3 is 0 Å². The van der Waals surface area contributed by atoms with Gasteiger partial charge in [-0.25, -0.2) is 0 Å². The van der Waals surface area contributed by atoms with Gasteiger partial charge in [0.2, 0.25) is 0 Å². The Morgan fingerprint density at radius 3 is 2.17 bits per heavy atom. The first-order valence-corrected chi connectivity index (χ1v) is 2.52. The molecular formula is C5H11N. The molecule has 0 unspecified atom stereocenters. The molecule has 0 aromatic carbocycles. The van der Waals surface area contributed by atoms with Gasteiger partial charge in [0, 0.05) is 6.54 Å². The number of unbranched alkanes of at least 4 members (excludes halogenated alkanes) is 2. The van der Waals surface area contributed by atoms with Crippen LogP contribution in [0.1, 0.15) is 26.2 Å². The molecule has 1 heteroatoms. The van der Waals surface area contributed by atoms with Gasteiger partial charge in [-0.15, -0.1) is 5.73 Å². The predicted molar refractivity (Wildman–Crippen MR) is 26.5 cm³/mol. The minimum Gasteiger partial charge on any atom is -0.145 e. The molecule has 0 bridgehead atoms. The average molecular weight is 85.2 g/mol. The van der Waals surface area contributed by atoms with Crippen molar-refractivity contribution < 1.29 is 0 Å². The summed E-state index contributed by atoms with van der Waals surface area (Å²) in [5, 5.41) is 0. The number of nitrogens with zero attached hydrogens (tertiary/aromatic N) is 1. The van der Waals surface area contributed by atoms with E-state index in [1.165, 1.54) is 6.42 Å². The summed E-state index contributed by atoms with van der Waals surface area (Å²) in [6.45, 7) is 2.48. The van der Waals surface area contributed by atoms with E-state index in [-0.39, 0.29) is 0 Å². The number of rotatable bonds is 3. The second kappa shape index (κ2) is 4.96. The summed E-state index contributed by atoms with van der Waals surface area (Å²) in [5.74, 6) is 0. The standard InChI is InChI=1S/C5H11N/c1-2-3-4-5-6/h2-5H2,1H3. The molecule has 0 aliphatic heterocycles. The Labute approximate surface area is 39.5 Å². The second-order valence-corrected chi connectivity index (χ2v) is 1.43. The topological polar surface area (TPSA) is 22.3 Å². The van der Waals surface area contributed by atoms with Gasteiger partial charge in [-0.3, -0.25) is 0 Å². The van der Waals surface area contributed by atoms with Gasteiger partial charge in [0.25, 0.3) is 0 Å². The van der Waals surface area contributed by atoms with Crippen LogP contribution in [0.25, 0.3) is 0 Å². The smallest absolute Gasteiger partial charge is 0.0321 e. The Kier molecular flexibility index (Phi) is 4.93. The highest BCUT2D eigenvalue weighted by Gasteiger charge is 1.77. The van der Waals surface area contributed by atoms with Crippen LogP contribution in [0.2, 0.25) is 0 Å². The Morgan fingerprint density at radius 2 is 2.00 bits per heavy atom. The third-order valence-corrected chi connectivity index (χ3v) is 0.762. The summed E-state index contributed by atoms with van der Waals surface area (Å²) in [5.41, 5.74) is 8.20. The van der Waals surface area contributed by atoms with Crippen LogP contribution >= 0.6 is 0 Å². The zero-order valence-corrected chi connectivity index (χ0v) is 4.28. The minimum atomic E-state index is 0.355. The third kappa shape index (κ3) is 3.96. The Bertz CT molecular complexity index is 15.9. The highest BCUT2D eigenvalue weighted by Crippen LogP contribution is 1.89. The van der Waals surface area contributed by atoms with E-state index in [2.05, 4.69) is 6.92 Å². The summed E-state index contributed by atoms with van der Waals surface area (Å²) in [4.78, 5) is 0. The molecule has 0 N–H and O–H groups in total. The zero-order chi connectivity index (χ0) is 4.83. The molecule has 0 spiro atoms. The first-order chi connectivity index (χ1) is 2.91. The van der Waals surface area contributed by atoms with Crippen LogP contribution in [0.15, 0.2) is 0 Å². The molecule has 1 nitrogen and oxygen atoms in total. The molecule has 6 heavy (non-hydrogen) atoms. The molecule has 0 aromatic rings. The molecular weight excluding hydrogens is 74.1 g/mol. The molecule has 0 aliphatic rings. The van der Waals surface area contributed by atoms with E-state index in [9.17, 15) is 0 Å². The quantitative estimate of drug-likeness (QED) is 0.460. The van der Waals surface area contributed by atoms with Crippen molar-refractivity contribution in [1.82, 2.24) is 5.73 Å².